The quantitative estimate of drug-likeness (QED) is 0.813. The van der Waals surface area contributed by atoms with E-state index in [4.69, 9.17) is 0 Å². The second-order valence-corrected chi connectivity index (χ2v) is 6.88. The summed E-state index contributed by atoms with van der Waals surface area (Å²) in [7, 11) is -3.90. The molecule has 2 aromatic rings. The molecule has 0 aliphatic carbocycles. The molecule has 0 aliphatic heterocycles. The molecule has 0 bridgehead atoms. The van der Waals surface area contributed by atoms with Crippen LogP contribution in [0.4, 0.5) is 8.78 Å². The van der Waals surface area contributed by atoms with Crippen LogP contribution in [-0.4, -0.2) is 20.1 Å². The molecule has 0 fully saturated rings. The number of sulfonamides is 1. The Labute approximate surface area is 133 Å². The van der Waals surface area contributed by atoms with Crippen molar-refractivity contribution in [2.75, 3.05) is 6.54 Å². The first kappa shape index (κ1) is 17.5. The van der Waals surface area contributed by atoms with Gasteiger partial charge in [-0.05, 0) is 24.1 Å². The van der Waals surface area contributed by atoms with Gasteiger partial charge in [0.15, 0.2) is 0 Å². The molecule has 0 saturated heterocycles. The minimum Gasteiger partial charge on any atom is -0.388 e. The smallest absolute Gasteiger partial charge is 0.215 e. The van der Waals surface area contributed by atoms with Gasteiger partial charge >= 0.3 is 0 Å². The Morgan fingerprint density at radius 2 is 1.61 bits per heavy atom. The number of hydrogen-bond donors (Lipinski definition) is 2. The molecule has 1 unspecified atom stereocenters. The fourth-order valence-corrected chi connectivity index (χ4v) is 3.29. The van der Waals surface area contributed by atoms with Crippen molar-refractivity contribution in [3.8, 4) is 0 Å². The molecule has 124 valence electrons. The van der Waals surface area contributed by atoms with E-state index >= 15 is 0 Å². The standard InChI is InChI=1S/C16H17F2NO3S/c17-14-7-4-8-15(18)13(14)11-23(21,22)19-10-9-16(20)12-5-2-1-3-6-12/h1-8,16,19-20H,9-11H2. The van der Waals surface area contributed by atoms with Crippen molar-refractivity contribution < 1.29 is 22.3 Å². The molecular formula is C16H17F2NO3S. The number of hydrogen-bond acceptors (Lipinski definition) is 3. The van der Waals surface area contributed by atoms with Gasteiger partial charge in [0.1, 0.15) is 11.6 Å². The number of aliphatic hydroxyl groups excluding tert-OH is 1. The van der Waals surface area contributed by atoms with E-state index in [9.17, 15) is 22.3 Å². The van der Waals surface area contributed by atoms with E-state index in [2.05, 4.69) is 4.72 Å². The van der Waals surface area contributed by atoms with Crippen molar-refractivity contribution >= 4 is 10.0 Å². The van der Waals surface area contributed by atoms with Gasteiger partial charge in [-0.3, -0.25) is 0 Å². The first-order chi connectivity index (χ1) is 10.9. The van der Waals surface area contributed by atoms with Crippen LogP contribution in [0.5, 0.6) is 0 Å². The van der Waals surface area contributed by atoms with Crippen LogP contribution in [0.3, 0.4) is 0 Å². The number of rotatable bonds is 7. The Bertz CT molecular complexity index is 731. The van der Waals surface area contributed by atoms with Crippen LogP contribution >= 0.6 is 0 Å². The Morgan fingerprint density at radius 1 is 1.00 bits per heavy atom. The maximum Gasteiger partial charge on any atom is 0.215 e. The SMILES string of the molecule is O=S(=O)(Cc1c(F)cccc1F)NCCC(O)c1ccccc1. The second-order valence-electron chi connectivity index (χ2n) is 5.07. The molecule has 0 spiro atoms. The fraction of sp³-hybridized carbons (Fsp3) is 0.250. The topological polar surface area (TPSA) is 66.4 Å². The lowest BCUT2D eigenvalue weighted by atomic mass is 10.1. The van der Waals surface area contributed by atoms with Crippen LogP contribution in [0.1, 0.15) is 23.7 Å². The molecule has 2 rings (SSSR count). The molecular weight excluding hydrogens is 324 g/mol. The van der Waals surface area contributed by atoms with Crippen LogP contribution in [0.25, 0.3) is 0 Å². The average Bonchev–Trinajstić information content (AvgIpc) is 2.52. The lowest BCUT2D eigenvalue weighted by Gasteiger charge is -2.12. The van der Waals surface area contributed by atoms with E-state index in [0.717, 1.165) is 12.1 Å². The van der Waals surface area contributed by atoms with Crippen LogP contribution in [-0.2, 0) is 15.8 Å². The second kappa shape index (κ2) is 7.63. The van der Waals surface area contributed by atoms with E-state index < -0.39 is 39.1 Å². The highest BCUT2D eigenvalue weighted by Crippen LogP contribution is 2.17. The summed E-state index contributed by atoms with van der Waals surface area (Å²) >= 11 is 0. The third kappa shape index (κ3) is 5.09. The van der Waals surface area contributed by atoms with Crippen molar-refractivity contribution in [3.05, 3.63) is 71.3 Å². The largest absolute Gasteiger partial charge is 0.388 e. The molecule has 0 heterocycles. The molecule has 4 nitrogen and oxygen atoms in total. The predicted molar refractivity (Wildman–Crippen MR) is 83.0 cm³/mol. The molecule has 0 radical (unpaired) electrons. The Kier molecular flexibility index (Phi) is 5.81. The first-order valence-corrected chi connectivity index (χ1v) is 8.67. The normalized spacial score (nSPS) is 13.0. The zero-order valence-electron chi connectivity index (χ0n) is 12.2. The lowest BCUT2D eigenvalue weighted by molar-refractivity contribution is 0.169. The van der Waals surface area contributed by atoms with Crippen molar-refractivity contribution in [1.82, 2.24) is 4.72 Å². The average molecular weight is 341 g/mol. The highest BCUT2D eigenvalue weighted by atomic mass is 32.2. The monoisotopic (exact) mass is 341 g/mol. The molecule has 7 heteroatoms. The van der Waals surface area contributed by atoms with Crippen LogP contribution in [0, 0.1) is 11.6 Å². The molecule has 0 aromatic heterocycles. The number of nitrogens with one attached hydrogen (secondary N) is 1. The van der Waals surface area contributed by atoms with Gasteiger partial charge in [0.25, 0.3) is 0 Å². The highest BCUT2D eigenvalue weighted by molar-refractivity contribution is 7.88. The van der Waals surface area contributed by atoms with Crippen molar-refractivity contribution in [2.24, 2.45) is 0 Å². The summed E-state index contributed by atoms with van der Waals surface area (Å²) < 4.78 is 53.0. The van der Waals surface area contributed by atoms with E-state index in [-0.39, 0.29) is 13.0 Å². The van der Waals surface area contributed by atoms with Crippen molar-refractivity contribution in [1.29, 1.82) is 0 Å². The predicted octanol–water partition coefficient (Wildman–Crippen LogP) is 2.51. The van der Waals surface area contributed by atoms with E-state index in [1.165, 1.54) is 6.07 Å². The molecule has 0 amide bonds. The number of benzene rings is 2. The first-order valence-electron chi connectivity index (χ1n) is 7.02. The number of halogens is 2. The Morgan fingerprint density at radius 3 is 2.22 bits per heavy atom. The third-order valence-corrected chi connectivity index (χ3v) is 4.63. The lowest BCUT2D eigenvalue weighted by Crippen LogP contribution is -2.27. The maximum atomic E-state index is 13.5. The maximum absolute atomic E-state index is 13.5. The van der Waals surface area contributed by atoms with Gasteiger partial charge in [-0.2, -0.15) is 0 Å². The summed E-state index contributed by atoms with van der Waals surface area (Å²) in [6.07, 6.45) is -0.660. The molecule has 2 N–H and O–H groups in total. The summed E-state index contributed by atoms with van der Waals surface area (Å²) in [5.41, 5.74) is 0.176. The Balaban J connectivity index is 1.92. The Hall–Kier alpha value is -1.83. The van der Waals surface area contributed by atoms with Gasteiger partial charge in [-0.15, -0.1) is 0 Å². The van der Waals surface area contributed by atoms with E-state index in [0.29, 0.717) is 5.56 Å². The van der Waals surface area contributed by atoms with Crippen LogP contribution in [0.15, 0.2) is 48.5 Å². The molecule has 2 aromatic carbocycles. The minimum absolute atomic E-state index is 0.0333. The minimum atomic E-state index is -3.90. The van der Waals surface area contributed by atoms with Crippen LogP contribution in [0.2, 0.25) is 0 Å². The van der Waals surface area contributed by atoms with Crippen LogP contribution < -0.4 is 4.72 Å². The number of aliphatic hydroxyl groups is 1. The van der Waals surface area contributed by atoms with E-state index in [1.807, 2.05) is 6.07 Å². The van der Waals surface area contributed by atoms with Crippen molar-refractivity contribution in [2.45, 2.75) is 18.3 Å². The zero-order valence-corrected chi connectivity index (χ0v) is 13.1. The van der Waals surface area contributed by atoms with E-state index in [1.54, 1.807) is 24.3 Å². The fourth-order valence-electron chi connectivity index (χ4n) is 2.10. The van der Waals surface area contributed by atoms with Gasteiger partial charge in [-0.1, -0.05) is 36.4 Å². The summed E-state index contributed by atoms with van der Waals surface area (Å²) in [5.74, 6) is -2.59. The molecule has 23 heavy (non-hydrogen) atoms. The molecule has 0 saturated carbocycles. The molecule has 0 aliphatic rings. The zero-order chi connectivity index (χ0) is 16.9. The summed E-state index contributed by atoms with van der Waals surface area (Å²) in [6.45, 7) is -0.0333. The van der Waals surface area contributed by atoms with Gasteiger partial charge in [-0.25, -0.2) is 21.9 Å². The van der Waals surface area contributed by atoms with Gasteiger partial charge in [0.05, 0.1) is 11.9 Å². The van der Waals surface area contributed by atoms with Gasteiger partial charge in [0.2, 0.25) is 10.0 Å². The summed E-state index contributed by atoms with van der Waals surface area (Å²) in [4.78, 5) is 0. The van der Waals surface area contributed by atoms with Gasteiger partial charge < -0.3 is 5.11 Å². The summed E-state index contributed by atoms with van der Waals surface area (Å²) in [6, 6.07) is 12.0. The highest BCUT2D eigenvalue weighted by Gasteiger charge is 2.18. The van der Waals surface area contributed by atoms with Crippen molar-refractivity contribution in [3.63, 3.8) is 0 Å². The third-order valence-electron chi connectivity index (χ3n) is 3.32. The van der Waals surface area contributed by atoms with Gasteiger partial charge in [0, 0.05) is 12.1 Å². The summed E-state index contributed by atoms with van der Waals surface area (Å²) in [5, 5.41) is 9.94. The molecule has 1 atom stereocenters.